The van der Waals surface area contributed by atoms with Gasteiger partial charge in [0.25, 0.3) is 0 Å². The van der Waals surface area contributed by atoms with Crippen LogP contribution in [-0.2, 0) is 7.05 Å². The van der Waals surface area contributed by atoms with Crippen molar-refractivity contribution in [2.24, 2.45) is 12.8 Å². The zero-order valence-electron chi connectivity index (χ0n) is 9.16. The molecule has 84 valence electrons. The summed E-state index contributed by atoms with van der Waals surface area (Å²) in [6, 6.07) is 3.84. The Morgan fingerprint density at radius 1 is 1.38 bits per heavy atom. The Morgan fingerprint density at radius 3 is 2.69 bits per heavy atom. The molecule has 0 amide bonds. The molecule has 6 nitrogen and oxygen atoms in total. The Balaban J connectivity index is 2.11. The van der Waals surface area contributed by atoms with Gasteiger partial charge in [-0.25, -0.2) is 0 Å². The summed E-state index contributed by atoms with van der Waals surface area (Å²) in [5, 5.41) is 3.99. The molecule has 1 atom stereocenters. The molecule has 0 aliphatic heterocycles. The Labute approximate surface area is 93.1 Å². The van der Waals surface area contributed by atoms with E-state index < -0.39 is 0 Å². The van der Waals surface area contributed by atoms with Gasteiger partial charge in [0.15, 0.2) is 0 Å². The molecule has 2 heterocycles. The summed E-state index contributed by atoms with van der Waals surface area (Å²) in [6.45, 7) is 1.88. The fourth-order valence-electron chi connectivity index (χ4n) is 1.19. The van der Waals surface area contributed by atoms with Gasteiger partial charge in [-0.05, 0) is 19.1 Å². The van der Waals surface area contributed by atoms with Crippen LogP contribution < -0.4 is 10.5 Å². The van der Waals surface area contributed by atoms with Crippen LogP contribution in [0.1, 0.15) is 18.7 Å². The highest BCUT2D eigenvalue weighted by Gasteiger charge is 2.04. The molecule has 2 aromatic rings. The number of rotatable bonds is 3. The Kier molecular flexibility index (Phi) is 2.82. The lowest BCUT2D eigenvalue weighted by atomic mass is 10.2. The van der Waals surface area contributed by atoms with Crippen LogP contribution >= 0.6 is 0 Å². The molecule has 0 saturated carbocycles. The summed E-state index contributed by atoms with van der Waals surface area (Å²) in [4.78, 5) is 8.11. The zero-order valence-corrected chi connectivity index (χ0v) is 9.16. The minimum absolute atomic E-state index is 0.0815. The first-order chi connectivity index (χ1) is 7.65. The second kappa shape index (κ2) is 4.28. The van der Waals surface area contributed by atoms with Crippen LogP contribution in [0.15, 0.2) is 24.7 Å². The smallest absolute Gasteiger partial charge is 0.341 e. The van der Waals surface area contributed by atoms with E-state index >= 15 is 0 Å². The van der Waals surface area contributed by atoms with Crippen LogP contribution in [0, 0.1) is 0 Å². The summed E-state index contributed by atoms with van der Waals surface area (Å²) >= 11 is 0. The molecule has 0 spiro atoms. The van der Waals surface area contributed by atoms with Gasteiger partial charge in [0.1, 0.15) is 12.1 Å². The molecule has 0 unspecified atom stereocenters. The standard InChI is InChI=1S/C10H13N5O/c1-7(11)9-4-3-8(5-12-9)16-10-13-6-15(2)14-10/h3-7H,11H2,1-2H3/t7-/m0/s1. The van der Waals surface area contributed by atoms with Crippen LogP contribution in [0.3, 0.4) is 0 Å². The number of hydrogen-bond acceptors (Lipinski definition) is 5. The summed E-state index contributed by atoms with van der Waals surface area (Å²) in [5.74, 6) is 0.593. The Bertz CT molecular complexity index is 462. The quantitative estimate of drug-likeness (QED) is 0.833. The average molecular weight is 219 g/mol. The van der Waals surface area contributed by atoms with Crippen LogP contribution in [0.5, 0.6) is 11.8 Å². The average Bonchev–Trinajstić information content (AvgIpc) is 2.65. The van der Waals surface area contributed by atoms with Gasteiger partial charge in [0.2, 0.25) is 0 Å². The molecule has 16 heavy (non-hydrogen) atoms. The third kappa shape index (κ3) is 2.34. The minimum Gasteiger partial charge on any atom is -0.422 e. The summed E-state index contributed by atoms with van der Waals surface area (Å²) in [7, 11) is 1.78. The van der Waals surface area contributed by atoms with E-state index in [1.165, 1.54) is 0 Å². The lowest BCUT2D eigenvalue weighted by molar-refractivity contribution is 0.436. The van der Waals surface area contributed by atoms with Crippen molar-refractivity contribution in [2.45, 2.75) is 13.0 Å². The first kappa shape index (κ1) is 10.6. The van der Waals surface area contributed by atoms with Crippen LogP contribution in [0.25, 0.3) is 0 Å². The van der Waals surface area contributed by atoms with Crippen LogP contribution in [-0.4, -0.2) is 19.7 Å². The lowest BCUT2D eigenvalue weighted by Gasteiger charge is -2.05. The van der Waals surface area contributed by atoms with E-state index in [-0.39, 0.29) is 6.04 Å². The predicted octanol–water partition coefficient (Wildman–Crippen LogP) is 1.02. The van der Waals surface area contributed by atoms with Crippen molar-refractivity contribution in [2.75, 3.05) is 0 Å². The molecule has 0 bridgehead atoms. The topological polar surface area (TPSA) is 78.9 Å². The van der Waals surface area contributed by atoms with Gasteiger partial charge in [-0.15, -0.1) is 5.10 Å². The first-order valence-corrected chi connectivity index (χ1v) is 4.90. The maximum absolute atomic E-state index is 5.69. The van der Waals surface area contributed by atoms with Crippen LogP contribution in [0.2, 0.25) is 0 Å². The molecule has 0 fully saturated rings. The van der Waals surface area contributed by atoms with Crippen molar-refractivity contribution >= 4 is 0 Å². The maximum atomic E-state index is 5.69. The zero-order chi connectivity index (χ0) is 11.5. The number of pyridine rings is 1. The SMILES string of the molecule is C[C@H](N)c1ccc(Oc2ncn(C)n2)cn1. The normalized spacial score (nSPS) is 12.4. The van der Waals surface area contributed by atoms with Gasteiger partial charge in [-0.1, -0.05) is 0 Å². The molecule has 0 aliphatic carbocycles. The number of aryl methyl sites for hydroxylation is 1. The lowest BCUT2D eigenvalue weighted by Crippen LogP contribution is -2.06. The highest BCUT2D eigenvalue weighted by atomic mass is 16.5. The third-order valence-corrected chi connectivity index (χ3v) is 2.01. The van der Waals surface area contributed by atoms with Crippen molar-refractivity contribution in [1.82, 2.24) is 19.7 Å². The highest BCUT2D eigenvalue weighted by molar-refractivity contribution is 5.23. The maximum Gasteiger partial charge on any atom is 0.341 e. The fourth-order valence-corrected chi connectivity index (χ4v) is 1.19. The van der Waals surface area contributed by atoms with Gasteiger partial charge in [-0.3, -0.25) is 9.67 Å². The molecular weight excluding hydrogens is 206 g/mol. The first-order valence-electron chi connectivity index (χ1n) is 4.90. The molecular formula is C10H13N5O. The minimum atomic E-state index is -0.0815. The van der Waals surface area contributed by atoms with E-state index in [0.717, 1.165) is 5.69 Å². The van der Waals surface area contributed by atoms with Gasteiger partial charge in [0, 0.05) is 13.1 Å². The van der Waals surface area contributed by atoms with E-state index in [2.05, 4.69) is 15.1 Å². The second-order valence-electron chi connectivity index (χ2n) is 3.51. The molecule has 0 saturated heterocycles. The summed E-state index contributed by atoms with van der Waals surface area (Å²) in [6.07, 6.45) is 3.17. The van der Waals surface area contributed by atoms with Crippen molar-refractivity contribution in [3.05, 3.63) is 30.4 Å². The van der Waals surface area contributed by atoms with Gasteiger partial charge < -0.3 is 10.5 Å². The van der Waals surface area contributed by atoms with Crippen molar-refractivity contribution in [3.63, 3.8) is 0 Å². The van der Waals surface area contributed by atoms with E-state index in [0.29, 0.717) is 11.8 Å². The third-order valence-electron chi connectivity index (χ3n) is 2.01. The number of nitrogens with zero attached hydrogens (tertiary/aromatic N) is 4. The Hall–Kier alpha value is -1.95. The largest absolute Gasteiger partial charge is 0.422 e. The molecule has 2 rings (SSSR count). The monoisotopic (exact) mass is 219 g/mol. The second-order valence-corrected chi connectivity index (χ2v) is 3.51. The molecule has 2 aromatic heterocycles. The van der Waals surface area contributed by atoms with Crippen molar-refractivity contribution in [1.29, 1.82) is 0 Å². The molecule has 0 aromatic carbocycles. The van der Waals surface area contributed by atoms with E-state index in [9.17, 15) is 0 Å². The van der Waals surface area contributed by atoms with Gasteiger partial charge in [-0.2, -0.15) is 4.98 Å². The van der Waals surface area contributed by atoms with Gasteiger partial charge in [0.05, 0.1) is 11.9 Å². The van der Waals surface area contributed by atoms with E-state index in [1.54, 1.807) is 30.3 Å². The fraction of sp³-hybridized carbons (Fsp3) is 0.300. The predicted molar refractivity (Wildman–Crippen MR) is 57.9 cm³/mol. The van der Waals surface area contributed by atoms with Crippen molar-refractivity contribution in [3.8, 4) is 11.8 Å². The number of ether oxygens (including phenoxy) is 1. The molecule has 0 aliphatic rings. The molecule has 6 heteroatoms. The van der Waals surface area contributed by atoms with Crippen molar-refractivity contribution < 1.29 is 4.74 Å². The molecule has 0 radical (unpaired) electrons. The summed E-state index contributed by atoms with van der Waals surface area (Å²) < 4.78 is 6.96. The van der Waals surface area contributed by atoms with E-state index in [1.807, 2.05) is 13.0 Å². The number of aromatic nitrogens is 4. The number of nitrogens with two attached hydrogens (primary N) is 1. The van der Waals surface area contributed by atoms with Gasteiger partial charge >= 0.3 is 6.01 Å². The highest BCUT2D eigenvalue weighted by Crippen LogP contribution is 2.17. The number of hydrogen-bond donors (Lipinski definition) is 1. The van der Waals surface area contributed by atoms with E-state index in [4.69, 9.17) is 10.5 Å². The summed E-state index contributed by atoms with van der Waals surface area (Å²) in [5.41, 5.74) is 6.51. The Morgan fingerprint density at radius 2 is 2.19 bits per heavy atom. The van der Waals surface area contributed by atoms with Crippen LogP contribution in [0.4, 0.5) is 0 Å². The molecule has 2 N–H and O–H groups in total.